The van der Waals surface area contributed by atoms with Gasteiger partial charge in [-0.05, 0) is 18.2 Å². The fourth-order valence-electron chi connectivity index (χ4n) is 1.91. The van der Waals surface area contributed by atoms with Crippen molar-refractivity contribution in [1.82, 2.24) is 19.9 Å². The van der Waals surface area contributed by atoms with E-state index in [0.717, 1.165) is 4.31 Å². The molecule has 0 aliphatic heterocycles. The van der Waals surface area contributed by atoms with E-state index in [0.29, 0.717) is 11.0 Å². The molecule has 0 saturated heterocycles. The normalized spacial score (nSPS) is 11.7. The molecule has 2 aromatic heterocycles. The number of hydrogen-bond donors (Lipinski definition) is 2. The Balaban J connectivity index is 2.09. The SMILES string of the molecule is CN(c1cnccn1)S(=O)(=O)c1ccc2[nH]c(=O)[nH]c2c1. The van der Waals surface area contributed by atoms with Crippen molar-refractivity contribution in [2.75, 3.05) is 11.4 Å². The number of nitrogens with zero attached hydrogens (tertiary/aromatic N) is 3. The fourth-order valence-corrected chi connectivity index (χ4v) is 3.07. The molecule has 2 heterocycles. The molecule has 0 saturated carbocycles. The zero-order chi connectivity index (χ0) is 15.0. The molecular formula is C12H11N5O3S. The zero-order valence-electron chi connectivity index (χ0n) is 10.9. The number of imidazole rings is 1. The minimum atomic E-state index is -3.78. The van der Waals surface area contributed by atoms with Crippen LogP contribution in [0.1, 0.15) is 0 Å². The molecule has 0 radical (unpaired) electrons. The lowest BCUT2D eigenvalue weighted by atomic mass is 10.3. The number of anilines is 1. The van der Waals surface area contributed by atoms with Gasteiger partial charge in [-0.1, -0.05) is 0 Å². The van der Waals surface area contributed by atoms with Crippen LogP contribution in [0, 0.1) is 0 Å². The maximum Gasteiger partial charge on any atom is 0.323 e. The zero-order valence-corrected chi connectivity index (χ0v) is 11.8. The molecule has 0 fully saturated rings. The van der Waals surface area contributed by atoms with Gasteiger partial charge in [-0.15, -0.1) is 0 Å². The van der Waals surface area contributed by atoms with Gasteiger partial charge in [0.05, 0.1) is 22.1 Å². The van der Waals surface area contributed by atoms with Crippen LogP contribution in [-0.2, 0) is 10.0 Å². The van der Waals surface area contributed by atoms with Crippen LogP contribution in [0.2, 0.25) is 0 Å². The van der Waals surface area contributed by atoms with Gasteiger partial charge in [-0.3, -0.25) is 9.29 Å². The molecule has 9 heteroatoms. The van der Waals surface area contributed by atoms with Crippen LogP contribution in [0.25, 0.3) is 11.0 Å². The summed E-state index contributed by atoms with van der Waals surface area (Å²) in [5.41, 5.74) is 0.580. The van der Waals surface area contributed by atoms with Crippen molar-refractivity contribution < 1.29 is 8.42 Å². The van der Waals surface area contributed by atoms with E-state index in [4.69, 9.17) is 0 Å². The molecule has 0 spiro atoms. The van der Waals surface area contributed by atoms with Gasteiger partial charge in [0.15, 0.2) is 5.82 Å². The third-order valence-corrected chi connectivity index (χ3v) is 4.78. The van der Waals surface area contributed by atoms with Crippen LogP contribution in [-0.4, -0.2) is 35.4 Å². The largest absolute Gasteiger partial charge is 0.323 e. The number of sulfonamides is 1. The van der Waals surface area contributed by atoms with Gasteiger partial charge in [-0.25, -0.2) is 18.2 Å². The molecule has 8 nitrogen and oxygen atoms in total. The topological polar surface area (TPSA) is 112 Å². The summed E-state index contributed by atoms with van der Waals surface area (Å²) in [4.78, 5) is 24.2. The van der Waals surface area contributed by atoms with E-state index in [1.165, 1.54) is 43.8 Å². The van der Waals surface area contributed by atoms with Crippen molar-refractivity contribution in [2.45, 2.75) is 4.90 Å². The summed E-state index contributed by atoms with van der Waals surface area (Å²) in [5.74, 6) is 0.208. The standard InChI is InChI=1S/C12H11N5O3S/c1-17(11-7-13-4-5-14-11)21(19,20)8-2-3-9-10(6-8)16-12(18)15-9/h2-7H,1H3,(H2,15,16,18). The van der Waals surface area contributed by atoms with Gasteiger partial charge < -0.3 is 9.97 Å². The van der Waals surface area contributed by atoms with E-state index in [-0.39, 0.29) is 16.4 Å². The molecule has 0 atom stereocenters. The number of rotatable bonds is 3. The van der Waals surface area contributed by atoms with Crippen molar-refractivity contribution >= 4 is 26.9 Å². The van der Waals surface area contributed by atoms with Crippen molar-refractivity contribution in [1.29, 1.82) is 0 Å². The Morgan fingerprint density at radius 3 is 2.62 bits per heavy atom. The molecule has 0 bridgehead atoms. The van der Waals surface area contributed by atoms with E-state index in [2.05, 4.69) is 19.9 Å². The summed E-state index contributed by atoms with van der Waals surface area (Å²) >= 11 is 0. The molecular weight excluding hydrogens is 294 g/mol. The minimum Gasteiger partial charge on any atom is -0.306 e. The smallest absolute Gasteiger partial charge is 0.306 e. The number of fused-ring (bicyclic) bond motifs is 1. The molecule has 0 amide bonds. The first-order valence-electron chi connectivity index (χ1n) is 5.95. The Morgan fingerprint density at radius 1 is 1.14 bits per heavy atom. The van der Waals surface area contributed by atoms with Crippen LogP contribution >= 0.6 is 0 Å². The fraction of sp³-hybridized carbons (Fsp3) is 0.0833. The summed E-state index contributed by atoms with van der Waals surface area (Å²) in [7, 11) is -2.39. The summed E-state index contributed by atoms with van der Waals surface area (Å²) in [6.07, 6.45) is 4.23. The molecule has 0 aliphatic rings. The highest BCUT2D eigenvalue weighted by molar-refractivity contribution is 7.92. The van der Waals surface area contributed by atoms with E-state index >= 15 is 0 Å². The number of hydrogen-bond acceptors (Lipinski definition) is 5. The number of aromatic nitrogens is 4. The second-order valence-electron chi connectivity index (χ2n) is 4.32. The van der Waals surface area contributed by atoms with Gasteiger partial charge in [-0.2, -0.15) is 0 Å². The van der Waals surface area contributed by atoms with Crippen LogP contribution in [0.4, 0.5) is 5.82 Å². The molecule has 21 heavy (non-hydrogen) atoms. The van der Waals surface area contributed by atoms with Gasteiger partial charge in [0.25, 0.3) is 10.0 Å². The third kappa shape index (κ3) is 2.27. The first-order chi connectivity index (χ1) is 9.98. The lowest BCUT2D eigenvalue weighted by Gasteiger charge is -2.17. The van der Waals surface area contributed by atoms with Gasteiger partial charge in [0.2, 0.25) is 0 Å². The second-order valence-corrected chi connectivity index (χ2v) is 6.29. The summed E-state index contributed by atoms with van der Waals surface area (Å²) in [5, 5.41) is 0. The van der Waals surface area contributed by atoms with Crippen LogP contribution in [0.5, 0.6) is 0 Å². The first kappa shape index (κ1) is 13.3. The Kier molecular flexibility index (Phi) is 2.98. The Morgan fingerprint density at radius 2 is 1.90 bits per heavy atom. The number of nitrogens with one attached hydrogen (secondary N) is 2. The van der Waals surface area contributed by atoms with E-state index < -0.39 is 10.0 Å². The second kappa shape index (κ2) is 4.70. The summed E-state index contributed by atoms with van der Waals surface area (Å²) in [6, 6.07) is 4.36. The molecule has 0 aliphatic carbocycles. The molecule has 108 valence electrons. The quantitative estimate of drug-likeness (QED) is 0.730. The van der Waals surface area contributed by atoms with Crippen LogP contribution in [0.15, 0.2) is 46.5 Å². The van der Waals surface area contributed by atoms with Crippen molar-refractivity contribution in [3.63, 3.8) is 0 Å². The number of aromatic amines is 2. The highest BCUT2D eigenvalue weighted by Gasteiger charge is 2.22. The van der Waals surface area contributed by atoms with Gasteiger partial charge >= 0.3 is 5.69 Å². The van der Waals surface area contributed by atoms with Crippen molar-refractivity contribution in [2.24, 2.45) is 0 Å². The Labute approximate surface area is 119 Å². The monoisotopic (exact) mass is 305 g/mol. The Bertz CT molecular complexity index is 946. The maximum atomic E-state index is 12.5. The lowest BCUT2D eigenvalue weighted by Crippen LogP contribution is -2.27. The van der Waals surface area contributed by atoms with Crippen LogP contribution in [0.3, 0.4) is 0 Å². The Hall–Kier alpha value is -2.68. The highest BCUT2D eigenvalue weighted by Crippen LogP contribution is 2.21. The minimum absolute atomic E-state index is 0.0541. The van der Waals surface area contributed by atoms with Crippen molar-refractivity contribution in [3.05, 3.63) is 47.3 Å². The summed E-state index contributed by atoms with van der Waals surface area (Å²) < 4.78 is 26.1. The van der Waals surface area contributed by atoms with E-state index in [1.807, 2.05) is 0 Å². The van der Waals surface area contributed by atoms with E-state index in [9.17, 15) is 13.2 Å². The van der Waals surface area contributed by atoms with E-state index in [1.54, 1.807) is 0 Å². The predicted octanol–water partition coefficient (Wildman–Crippen LogP) is 0.471. The average molecular weight is 305 g/mol. The maximum absolute atomic E-state index is 12.5. The molecule has 1 aromatic carbocycles. The van der Waals surface area contributed by atoms with Crippen molar-refractivity contribution in [3.8, 4) is 0 Å². The van der Waals surface area contributed by atoms with Gasteiger partial charge in [0.1, 0.15) is 0 Å². The molecule has 0 unspecified atom stereocenters. The third-order valence-electron chi connectivity index (χ3n) is 3.02. The first-order valence-corrected chi connectivity index (χ1v) is 7.39. The predicted molar refractivity (Wildman–Crippen MR) is 76.5 cm³/mol. The molecule has 3 rings (SSSR count). The lowest BCUT2D eigenvalue weighted by molar-refractivity contribution is 0.594. The highest BCUT2D eigenvalue weighted by atomic mass is 32.2. The van der Waals surface area contributed by atoms with Crippen LogP contribution < -0.4 is 9.99 Å². The molecule has 3 aromatic rings. The summed E-state index contributed by atoms with van der Waals surface area (Å²) in [6.45, 7) is 0. The molecule has 2 N–H and O–H groups in total. The number of H-pyrrole nitrogens is 2. The van der Waals surface area contributed by atoms with Gasteiger partial charge in [0, 0.05) is 19.4 Å². The average Bonchev–Trinajstić information content (AvgIpc) is 2.86. The number of benzene rings is 1.